The molecule has 1 aliphatic rings. The van der Waals surface area contributed by atoms with Crippen molar-refractivity contribution in [2.75, 3.05) is 52.4 Å². The maximum atomic E-state index is 12.1. The van der Waals surface area contributed by atoms with E-state index in [1.807, 2.05) is 0 Å². The van der Waals surface area contributed by atoms with Crippen LogP contribution in [0, 0.1) is 0 Å². The summed E-state index contributed by atoms with van der Waals surface area (Å²) in [7, 11) is 3.70. The first-order valence-electron chi connectivity index (χ1n) is 6.56. The molecule has 7 nitrogen and oxygen atoms in total. The first-order chi connectivity index (χ1) is 9.61. The summed E-state index contributed by atoms with van der Waals surface area (Å²) in [6.07, 6.45) is 1.67. The highest BCUT2D eigenvalue weighted by Crippen LogP contribution is 2.17. The van der Waals surface area contributed by atoms with E-state index in [0.717, 1.165) is 26.2 Å². The Morgan fingerprint density at radius 1 is 1.40 bits per heavy atom. The van der Waals surface area contributed by atoms with Crippen molar-refractivity contribution >= 4 is 21.6 Å². The second-order valence-corrected chi connectivity index (χ2v) is 5.59. The van der Waals surface area contributed by atoms with Gasteiger partial charge in [-0.1, -0.05) is 0 Å². The minimum Gasteiger partial charge on any atom is -0.383 e. The van der Waals surface area contributed by atoms with Crippen LogP contribution in [0.1, 0.15) is 0 Å². The zero-order valence-electron chi connectivity index (χ0n) is 11.8. The molecule has 0 saturated carbocycles. The second-order valence-electron chi connectivity index (χ2n) is 4.80. The number of ether oxygens (including phenoxy) is 1. The molecule has 8 heteroatoms. The van der Waals surface area contributed by atoms with Gasteiger partial charge in [-0.25, -0.2) is 9.69 Å². The molecule has 20 heavy (non-hydrogen) atoms. The first-order valence-corrected chi connectivity index (χ1v) is 7.36. The number of hydrogen-bond acceptors (Lipinski definition) is 6. The van der Waals surface area contributed by atoms with Crippen LogP contribution in [0.2, 0.25) is 0 Å². The number of aromatic nitrogens is 2. The smallest absolute Gasteiger partial charge is 0.283 e. The fourth-order valence-electron chi connectivity index (χ4n) is 1.97. The van der Waals surface area contributed by atoms with E-state index in [-0.39, 0.29) is 5.56 Å². The van der Waals surface area contributed by atoms with Crippen LogP contribution in [0.3, 0.4) is 0 Å². The van der Waals surface area contributed by atoms with Crippen molar-refractivity contribution in [3.05, 3.63) is 21.0 Å². The van der Waals surface area contributed by atoms with Gasteiger partial charge in [-0.2, -0.15) is 5.10 Å². The molecule has 2 heterocycles. The largest absolute Gasteiger partial charge is 0.383 e. The van der Waals surface area contributed by atoms with E-state index >= 15 is 0 Å². The normalized spacial score (nSPS) is 17.4. The lowest BCUT2D eigenvalue weighted by atomic mass is 10.4. The van der Waals surface area contributed by atoms with Crippen molar-refractivity contribution in [1.82, 2.24) is 19.7 Å². The van der Waals surface area contributed by atoms with Gasteiger partial charge in [-0.3, -0.25) is 4.79 Å². The summed E-state index contributed by atoms with van der Waals surface area (Å²) < 4.78 is 6.85. The Hall–Kier alpha value is -0.960. The Labute approximate surface area is 126 Å². The van der Waals surface area contributed by atoms with Gasteiger partial charge in [0, 0.05) is 33.3 Å². The number of piperazine rings is 1. The number of halogens is 1. The molecule has 1 aromatic heterocycles. The molecule has 0 bridgehead atoms. The van der Waals surface area contributed by atoms with Crippen LogP contribution in [0.15, 0.2) is 15.5 Å². The predicted molar refractivity (Wildman–Crippen MR) is 80.8 cm³/mol. The molecular weight excluding hydrogens is 326 g/mol. The number of hydrazine groups is 1. The van der Waals surface area contributed by atoms with Gasteiger partial charge in [0.05, 0.1) is 25.0 Å². The minimum atomic E-state index is -0.152. The second kappa shape index (κ2) is 7.16. The SMILES string of the molecule is COCCn1ncc(NN2CCN(C)CC2)c(Br)c1=O. The molecule has 0 aromatic carbocycles. The van der Waals surface area contributed by atoms with Gasteiger partial charge in [0.25, 0.3) is 5.56 Å². The molecule has 2 rings (SSSR count). The lowest BCUT2D eigenvalue weighted by Crippen LogP contribution is -2.47. The minimum absolute atomic E-state index is 0.152. The molecule has 0 unspecified atom stereocenters. The van der Waals surface area contributed by atoms with E-state index in [1.54, 1.807) is 13.3 Å². The fraction of sp³-hybridized carbons (Fsp3) is 0.667. The topological polar surface area (TPSA) is 62.6 Å². The van der Waals surface area contributed by atoms with Crippen molar-refractivity contribution in [3.63, 3.8) is 0 Å². The van der Waals surface area contributed by atoms with E-state index in [4.69, 9.17) is 4.74 Å². The molecule has 0 aliphatic carbocycles. The molecule has 0 amide bonds. The monoisotopic (exact) mass is 345 g/mol. The summed E-state index contributed by atoms with van der Waals surface area (Å²) >= 11 is 3.35. The molecule has 1 N–H and O–H groups in total. The number of likely N-dealkylation sites (N-methyl/N-ethyl adjacent to an activating group) is 1. The Morgan fingerprint density at radius 2 is 2.10 bits per heavy atom. The quantitative estimate of drug-likeness (QED) is 0.824. The highest BCUT2D eigenvalue weighted by Gasteiger charge is 2.16. The van der Waals surface area contributed by atoms with Gasteiger partial charge in [0.15, 0.2) is 0 Å². The Balaban J connectivity index is 2.05. The third-order valence-corrected chi connectivity index (χ3v) is 4.04. The summed E-state index contributed by atoms with van der Waals surface area (Å²) in [5.41, 5.74) is 3.80. The fourth-order valence-corrected chi connectivity index (χ4v) is 2.36. The average Bonchev–Trinajstić information content (AvgIpc) is 2.45. The number of methoxy groups -OCH3 is 1. The van der Waals surface area contributed by atoms with Crippen LogP contribution in [0.25, 0.3) is 0 Å². The third-order valence-electron chi connectivity index (χ3n) is 3.27. The average molecular weight is 346 g/mol. The molecule has 0 atom stereocenters. The number of nitrogens with one attached hydrogen (secondary N) is 1. The van der Waals surface area contributed by atoms with Crippen LogP contribution in [-0.2, 0) is 11.3 Å². The maximum Gasteiger partial charge on any atom is 0.283 e. The first kappa shape index (κ1) is 15.4. The zero-order valence-corrected chi connectivity index (χ0v) is 13.4. The van der Waals surface area contributed by atoms with E-state index in [2.05, 4.69) is 43.4 Å². The number of rotatable bonds is 5. The molecule has 1 aliphatic heterocycles. The van der Waals surface area contributed by atoms with Crippen LogP contribution in [0.4, 0.5) is 5.69 Å². The van der Waals surface area contributed by atoms with Gasteiger partial charge in [0.2, 0.25) is 0 Å². The van der Waals surface area contributed by atoms with Gasteiger partial charge in [-0.15, -0.1) is 0 Å². The highest BCUT2D eigenvalue weighted by molar-refractivity contribution is 9.10. The Kier molecular flexibility index (Phi) is 5.53. The summed E-state index contributed by atoms with van der Waals surface area (Å²) in [6, 6.07) is 0. The number of hydrogen-bond donors (Lipinski definition) is 1. The summed E-state index contributed by atoms with van der Waals surface area (Å²) in [5, 5.41) is 6.25. The molecule has 0 radical (unpaired) electrons. The van der Waals surface area contributed by atoms with E-state index in [0.29, 0.717) is 23.3 Å². The molecular formula is C12H20BrN5O2. The molecule has 1 saturated heterocycles. The van der Waals surface area contributed by atoms with Gasteiger partial charge in [-0.05, 0) is 23.0 Å². The van der Waals surface area contributed by atoms with Crippen molar-refractivity contribution < 1.29 is 4.74 Å². The Bertz CT molecular complexity index is 499. The van der Waals surface area contributed by atoms with Crippen molar-refractivity contribution in [3.8, 4) is 0 Å². The van der Waals surface area contributed by atoms with Gasteiger partial charge in [0.1, 0.15) is 4.47 Å². The Morgan fingerprint density at radius 3 is 2.75 bits per heavy atom. The predicted octanol–water partition coefficient (Wildman–Crippen LogP) is 0.226. The summed E-state index contributed by atoms with van der Waals surface area (Å²) in [5.74, 6) is 0. The van der Waals surface area contributed by atoms with Gasteiger partial charge >= 0.3 is 0 Å². The van der Waals surface area contributed by atoms with Crippen LogP contribution in [0.5, 0.6) is 0 Å². The third kappa shape index (κ3) is 3.78. The van der Waals surface area contributed by atoms with Crippen LogP contribution < -0.4 is 11.0 Å². The maximum absolute atomic E-state index is 12.1. The molecule has 0 spiro atoms. The molecule has 1 fully saturated rings. The number of nitrogens with zero attached hydrogens (tertiary/aromatic N) is 4. The summed E-state index contributed by atoms with van der Waals surface area (Å²) in [6.45, 7) is 4.74. The highest BCUT2D eigenvalue weighted by atomic mass is 79.9. The van der Waals surface area contributed by atoms with E-state index < -0.39 is 0 Å². The lowest BCUT2D eigenvalue weighted by Gasteiger charge is -2.33. The van der Waals surface area contributed by atoms with E-state index in [1.165, 1.54) is 4.68 Å². The molecule has 1 aromatic rings. The van der Waals surface area contributed by atoms with Crippen molar-refractivity contribution in [2.45, 2.75) is 6.54 Å². The van der Waals surface area contributed by atoms with Crippen molar-refractivity contribution in [2.24, 2.45) is 0 Å². The standard InChI is InChI=1S/C12H20BrN5O2/c1-16-3-5-17(6-4-16)15-10-9-14-18(7-8-20-2)12(19)11(10)13/h9,15H,3-8H2,1-2H3. The van der Waals surface area contributed by atoms with E-state index in [9.17, 15) is 4.79 Å². The van der Waals surface area contributed by atoms with Gasteiger partial charge < -0.3 is 15.1 Å². The van der Waals surface area contributed by atoms with Crippen LogP contribution >= 0.6 is 15.9 Å². The van der Waals surface area contributed by atoms with Crippen LogP contribution in [-0.4, -0.2) is 66.6 Å². The lowest BCUT2D eigenvalue weighted by molar-refractivity contribution is 0.178. The number of anilines is 1. The summed E-state index contributed by atoms with van der Waals surface area (Å²) in [4.78, 5) is 14.4. The van der Waals surface area contributed by atoms with Crippen molar-refractivity contribution in [1.29, 1.82) is 0 Å². The zero-order chi connectivity index (χ0) is 14.5. The molecule has 112 valence electrons.